The van der Waals surface area contributed by atoms with E-state index in [0.29, 0.717) is 0 Å². The van der Waals surface area contributed by atoms with Crippen LogP contribution in [0.15, 0.2) is 0 Å². The van der Waals surface area contributed by atoms with Gasteiger partial charge in [0.1, 0.15) is 0 Å². The molecule has 0 fully saturated rings. The van der Waals surface area contributed by atoms with Crippen LogP contribution in [0.4, 0.5) is 0 Å². The van der Waals surface area contributed by atoms with Crippen LogP contribution in [-0.2, 0) is 4.65 Å². The van der Waals surface area contributed by atoms with Crippen LogP contribution in [0, 0.1) is 6.65 Å². The maximum atomic E-state index is 7.50. The molecule has 0 atom stereocenters. The van der Waals surface area contributed by atoms with Crippen molar-refractivity contribution >= 4 is 0 Å². The summed E-state index contributed by atoms with van der Waals surface area (Å²) in [4.78, 5) is 0. The van der Waals surface area contributed by atoms with Gasteiger partial charge in [-0.1, -0.05) is 0 Å². The van der Waals surface area contributed by atoms with Crippen LogP contribution in [0.2, 0.25) is 0 Å². The fraction of sp³-hybridized carbons (Fsp3) is 0. The molecular formula is CH6N2O. The monoisotopic (exact) mass is 62.0 g/mol. The van der Waals surface area contributed by atoms with Crippen molar-refractivity contribution in [1.82, 2.24) is 12.3 Å². The van der Waals surface area contributed by atoms with Crippen LogP contribution >= 0.6 is 0 Å². The second kappa shape index (κ2) is 63.4. The zero-order chi connectivity index (χ0) is 2.00. The van der Waals surface area contributed by atoms with Crippen LogP contribution in [-0.4, -0.2) is 0 Å². The third-order valence-corrected chi connectivity index (χ3v) is 0. The molecule has 6 N–H and O–H groups in total. The summed E-state index contributed by atoms with van der Waals surface area (Å²) in [5, 5.41) is 0. The molecule has 0 aliphatic heterocycles. The Balaban J connectivity index is -0.00000000500. The van der Waals surface area contributed by atoms with Gasteiger partial charge in [-0.3, -0.25) is 0 Å². The van der Waals surface area contributed by atoms with Gasteiger partial charge in [0.15, 0.2) is 0 Å². The second-order valence-electron chi connectivity index (χ2n) is 0. The SMILES string of the molecule is N.N.[C-]#[O+]. The molecule has 0 spiro atoms. The Hall–Kier alpha value is -0.340. The van der Waals surface area contributed by atoms with Gasteiger partial charge in [0.05, 0.1) is 0 Å². The molecule has 0 aliphatic carbocycles. The van der Waals surface area contributed by atoms with E-state index in [9.17, 15) is 0 Å². The summed E-state index contributed by atoms with van der Waals surface area (Å²) in [7, 11) is 0. The normalized spacial score (nSPS) is 0.500. The predicted molar refractivity (Wildman–Crippen MR) is 14.0 cm³/mol. The minimum absolute atomic E-state index is 0. The van der Waals surface area contributed by atoms with Crippen molar-refractivity contribution in [2.45, 2.75) is 0 Å². The quantitative estimate of drug-likeness (QED) is 0.312. The van der Waals surface area contributed by atoms with E-state index in [2.05, 4.69) is 6.65 Å². The second-order valence-corrected chi connectivity index (χ2v) is 0. The summed E-state index contributed by atoms with van der Waals surface area (Å²) in [6, 6.07) is 0. The molecule has 0 aromatic rings. The zero-order valence-corrected chi connectivity index (χ0v) is 2.32. The van der Waals surface area contributed by atoms with Crippen LogP contribution < -0.4 is 12.3 Å². The van der Waals surface area contributed by atoms with Crippen molar-refractivity contribution < 1.29 is 4.65 Å². The minimum atomic E-state index is 0. The summed E-state index contributed by atoms with van der Waals surface area (Å²) in [6.45, 7) is 4.50. The predicted octanol–water partition coefficient (Wildman–Crippen LogP) is 0.286. The van der Waals surface area contributed by atoms with Gasteiger partial charge in [-0.05, 0) is 0 Å². The van der Waals surface area contributed by atoms with E-state index in [1.807, 2.05) is 0 Å². The van der Waals surface area contributed by atoms with Crippen LogP contribution in [0.25, 0.3) is 0 Å². The molecule has 0 bridgehead atoms. The summed E-state index contributed by atoms with van der Waals surface area (Å²) in [6.07, 6.45) is 0. The van der Waals surface area contributed by atoms with Gasteiger partial charge in [-0.25, -0.2) is 0 Å². The Morgan fingerprint density at radius 3 is 1.00 bits per heavy atom. The van der Waals surface area contributed by atoms with Gasteiger partial charge in [-0.2, -0.15) is 0 Å². The molecule has 0 aromatic carbocycles. The van der Waals surface area contributed by atoms with Gasteiger partial charge in [-0.15, -0.1) is 0 Å². The van der Waals surface area contributed by atoms with Crippen molar-refractivity contribution in [2.24, 2.45) is 0 Å². The first-order chi connectivity index (χ1) is 1.00. The van der Waals surface area contributed by atoms with Gasteiger partial charge < -0.3 is 12.3 Å². The molecule has 0 aliphatic rings. The molecule has 0 unspecified atom stereocenters. The number of hydrogen-bond donors (Lipinski definition) is 2. The molecule has 0 radical (unpaired) electrons. The Labute approximate surface area is 24.9 Å². The maximum absolute atomic E-state index is 7.50. The number of hydrogen-bond acceptors (Lipinski definition) is 2. The third kappa shape index (κ3) is 6.26. The van der Waals surface area contributed by atoms with Crippen molar-refractivity contribution in [3.05, 3.63) is 6.65 Å². The Kier molecular flexibility index (Phi) is 942. The molecule has 0 rings (SSSR count). The van der Waals surface area contributed by atoms with E-state index in [1.54, 1.807) is 0 Å². The van der Waals surface area contributed by atoms with Crippen molar-refractivity contribution in [1.29, 1.82) is 0 Å². The zero-order valence-electron chi connectivity index (χ0n) is 2.32. The van der Waals surface area contributed by atoms with Crippen LogP contribution in [0.5, 0.6) is 0 Å². The number of rotatable bonds is 0. The van der Waals surface area contributed by atoms with E-state index in [1.165, 1.54) is 0 Å². The first kappa shape index (κ1) is 59.5. The summed E-state index contributed by atoms with van der Waals surface area (Å²) < 4.78 is 7.50. The van der Waals surface area contributed by atoms with Gasteiger partial charge in [0, 0.05) is 0 Å². The standard InChI is InChI=1S/CO.2H3N/c1-2;;/h;2*1H3. The fourth-order valence-electron chi connectivity index (χ4n) is 0. The van der Waals surface area contributed by atoms with E-state index < -0.39 is 0 Å². The van der Waals surface area contributed by atoms with Crippen molar-refractivity contribution in [2.75, 3.05) is 0 Å². The Bertz CT molecular complexity index is 10.8. The van der Waals surface area contributed by atoms with Crippen LogP contribution in [0.1, 0.15) is 0 Å². The third-order valence-electron chi connectivity index (χ3n) is 0. The first-order valence-corrected chi connectivity index (χ1v) is 0.204. The summed E-state index contributed by atoms with van der Waals surface area (Å²) >= 11 is 0. The molecule has 3 heteroatoms. The summed E-state index contributed by atoms with van der Waals surface area (Å²) in [5.74, 6) is 0. The fourth-order valence-corrected chi connectivity index (χ4v) is 0. The molecule has 26 valence electrons. The van der Waals surface area contributed by atoms with Crippen LogP contribution in [0.3, 0.4) is 0 Å². The molecule has 3 nitrogen and oxygen atoms in total. The van der Waals surface area contributed by atoms with Crippen molar-refractivity contribution in [3.63, 3.8) is 0 Å². The molecule has 0 heterocycles. The van der Waals surface area contributed by atoms with E-state index in [-0.39, 0.29) is 12.3 Å². The molecule has 0 amide bonds. The molecule has 4 heavy (non-hydrogen) atoms. The average Bonchev–Trinajstić information content (AvgIpc) is 1.00. The van der Waals surface area contributed by atoms with E-state index in [0.717, 1.165) is 0 Å². The average molecular weight is 62.1 g/mol. The Morgan fingerprint density at radius 2 is 1.00 bits per heavy atom. The topological polar surface area (TPSA) is 89.9 Å². The van der Waals surface area contributed by atoms with Gasteiger partial charge in [0.2, 0.25) is 0 Å². The van der Waals surface area contributed by atoms with E-state index in [4.69, 9.17) is 4.65 Å². The molecule has 0 saturated carbocycles. The first-order valence-electron chi connectivity index (χ1n) is 0.204. The van der Waals surface area contributed by atoms with Gasteiger partial charge >= 0.3 is 11.3 Å². The molecule has 0 saturated heterocycles. The van der Waals surface area contributed by atoms with Crippen molar-refractivity contribution in [3.8, 4) is 0 Å². The Morgan fingerprint density at radius 1 is 1.00 bits per heavy atom. The van der Waals surface area contributed by atoms with Gasteiger partial charge in [0.25, 0.3) is 0 Å². The van der Waals surface area contributed by atoms with E-state index >= 15 is 0 Å². The summed E-state index contributed by atoms with van der Waals surface area (Å²) in [5.41, 5.74) is 0. The molecule has 0 aromatic heterocycles. The molecular weight excluding hydrogens is 56.0 g/mol.